The van der Waals surface area contributed by atoms with Crippen molar-refractivity contribution in [3.05, 3.63) is 93.6 Å². The van der Waals surface area contributed by atoms with E-state index in [1.165, 1.54) is 6.21 Å². The first-order chi connectivity index (χ1) is 15.9. The van der Waals surface area contributed by atoms with Crippen LogP contribution in [0.2, 0.25) is 0 Å². The number of rotatable bonds is 6. The molecular weight excluding hydrogens is 414 g/mol. The summed E-state index contributed by atoms with van der Waals surface area (Å²) in [6.45, 7) is 2.28. The van der Waals surface area contributed by atoms with Crippen molar-refractivity contribution in [1.29, 1.82) is 16.1 Å². The van der Waals surface area contributed by atoms with Crippen molar-refractivity contribution < 1.29 is 0 Å². The van der Waals surface area contributed by atoms with Crippen molar-refractivity contribution in [2.75, 3.05) is 20.6 Å². The summed E-state index contributed by atoms with van der Waals surface area (Å²) in [5.41, 5.74) is 12.6. The minimum absolute atomic E-state index is 0.174. The first kappa shape index (κ1) is 23.1. The number of aliphatic imine (C=N–C) groups is 1. The number of nitrogens with one attached hydrogen (secondary N) is 5. The molecule has 3 aliphatic heterocycles. The number of dihydropyridines is 2. The second kappa shape index (κ2) is 10.2. The molecule has 0 aromatic rings. The molecule has 0 spiro atoms. The predicted molar refractivity (Wildman–Crippen MR) is 132 cm³/mol. The molecule has 0 fully saturated rings. The van der Waals surface area contributed by atoms with E-state index in [1.54, 1.807) is 32.3 Å². The van der Waals surface area contributed by atoms with E-state index in [0.717, 1.165) is 28.1 Å². The maximum Gasteiger partial charge on any atom is 0.123 e. The van der Waals surface area contributed by atoms with Crippen molar-refractivity contribution >= 4 is 18.3 Å². The Morgan fingerprint density at radius 3 is 2.76 bits per heavy atom. The second-order valence-corrected chi connectivity index (χ2v) is 7.59. The monoisotopic (exact) mass is 441 g/mol. The molecule has 0 aromatic carbocycles. The lowest BCUT2D eigenvalue weighted by atomic mass is 9.96. The molecule has 0 radical (unpaired) electrons. The van der Waals surface area contributed by atoms with Crippen LogP contribution in [-0.2, 0) is 0 Å². The van der Waals surface area contributed by atoms with Gasteiger partial charge in [0.2, 0.25) is 0 Å². The summed E-state index contributed by atoms with van der Waals surface area (Å²) in [5.74, 6) is 0.813. The topological polar surface area (TPSA) is 149 Å². The SMILES string of the molecule is CN=CC(C1=CNC2=CC=C(NC(=N)C=C(C)C=N)NC2=C1)=C(N)C1=CC=C(C#N)N(C)C1. The molecular formula is C24H27N9. The molecule has 0 amide bonds. The van der Waals surface area contributed by atoms with Crippen LogP contribution in [0.25, 0.3) is 0 Å². The second-order valence-electron chi connectivity index (χ2n) is 7.59. The first-order valence-electron chi connectivity index (χ1n) is 10.2. The van der Waals surface area contributed by atoms with E-state index >= 15 is 0 Å². The summed E-state index contributed by atoms with van der Waals surface area (Å²) in [5, 5.41) is 34.0. The van der Waals surface area contributed by atoms with Gasteiger partial charge in [0, 0.05) is 56.1 Å². The zero-order valence-corrected chi connectivity index (χ0v) is 18.8. The van der Waals surface area contributed by atoms with Crippen LogP contribution in [0.1, 0.15) is 6.92 Å². The molecule has 0 saturated heterocycles. The normalized spacial score (nSPS) is 18.6. The predicted octanol–water partition coefficient (Wildman–Crippen LogP) is 2.04. The van der Waals surface area contributed by atoms with Gasteiger partial charge in [-0.15, -0.1) is 0 Å². The average Bonchev–Trinajstić information content (AvgIpc) is 2.81. The lowest BCUT2D eigenvalue weighted by Gasteiger charge is -2.27. The van der Waals surface area contributed by atoms with Crippen LogP contribution < -0.4 is 21.7 Å². The number of nitriles is 1. The van der Waals surface area contributed by atoms with E-state index in [4.69, 9.17) is 16.6 Å². The van der Waals surface area contributed by atoms with Crippen molar-refractivity contribution in [1.82, 2.24) is 20.9 Å². The highest BCUT2D eigenvalue weighted by molar-refractivity contribution is 5.96. The molecule has 3 rings (SSSR count). The summed E-state index contributed by atoms with van der Waals surface area (Å²) in [4.78, 5) is 6.04. The molecule has 9 nitrogen and oxygen atoms in total. The maximum absolute atomic E-state index is 9.20. The van der Waals surface area contributed by atoms with Gasteiger partial charge in [-0.25, -0.2) is 0 Å². The maximum atomic E-state index is 9.20. The fourth-order valence-corrected chi connectivity index (χ4v) is 3.38. The molecule has 0 aliphatic carbocycles. The molecule has 168 valence electrons. The van der Waals surface area contributed by atoms with Gasteiger partial charge in [-0.2, -0.15) is 5.26 Å². The van der Waals surface area contributed by atoms with Gasteiger partial charge in [0.1, 0.15) is 23.4 Å². The van der Waals surface area contributed by atoms with Crippen LogP contribution in [0.3, 0.4) is 0 Å². The van der Waals surface area contributed by atoms with Crippen molar-refractivity contribution in [3.63, 3.8) is 0 Å². The highest BCUT2D eigenvalue weighted by Crippen LogP contribution is 2.26. The minimum atomic E-state index is 0.174. The Labute approximate surface area is 193 Å². The van der Waals surface area contributed by atoms with Crippen LogP contribution in [0.4, 0.5) is 0 Å². The average molecular weight is 442 g/mol. The van der Waals surface area contributed by atoms with E-state index < -0.39 is 0 Å². The van der Waals surface area contributed by atoms with Gasteiger partial charge in [0.15, 0.2) is 0 Å². The molecule has 3 heterocycles. The zero-order valence-electron chi connectivity index (χ0n) is 18.8. The largest absolute Gasteiger partial charge is 0.398 e. The summed E-state index contributed by atoms with van der Waals surface area (Å²) in [6, 6.07) is 2.17. The number of likely N-dealkylation sites (N-methyl/N-ethyl adjacent to an activating group) is 1. The van der Waals surface area contributed by atoms with E-state index in [-0.39, 0.29) is 5.84 Å². The number of hydrogen-bond acceptors (Lipinski definition) is 8. The van der Waals surface area contributed by atoms with Crippen molar-refractivity contribution in [2.24, 2.45) is 10.7 Å². The van der Waals surface area contributed by atoms with E-state index in [2.05, 4.69) is 27.0 Å². The number of fused-ring (bicyclic) bond motifs is 1. The quantitative estimate of drug-likeness (QED) is 0.274. The van der Waals surface area contributed by atoms with Crippen molar-refractivity contribution in [3.8, 4) is 6.07 Å². The number of nitrogens with zero attached hydrogens (tertiary/aromatic N) is 3. The molecule has 33 heavy (non-hydrogen) atoms. The Kier molecular flexibility index (Phi) is 7.10. The van der Waals surface area contributed by atoms with Gasteiger partial charge in [-0.3, -0.25) is 10.4 Å². The lowest BCUT2D eigenvalue weighted by Crippen LogP contribution is -2.34. The van der Waals surface area contributed by atoms with Crippen LogP contribution in [0.15, 0.2) is 98.6 Å². The summed E-state index contributed by atoms with van der Waals surface area (Å²) in [7, 11) is 3.54. The Bertz CT molecular complexity index is 1190. The fourth-order valence-electron chi connectivity index (χ4n) is 3.38. The molecule has 0 aromatic heterocycles. The van der Waals surface area contributed by atoms with Gasteiger partial charge in [0.25, 0.3) is 0 Å². The molecule has 0 bridgehead atoms. The highest BCUT2D eigenvalue weighted by atomic mass is 15.1. The summed E-state index contributed by atoms with van der Waals surface area (Å²) in [6.07, 6.45) is 15.7. The van der Waals surface area contributed by atoms with Gasteiger partial charge in [0.05, 0.1) is 11.4 Å². The van der Waals surface area contributed by atoms with E-state index in [1.807, 2.05) is 42.5 Å². The molecule has 0 saturated carbocycles. The molecule has 7 N–H and O–H groups in total. The van der Waals surface area contributed by atoms with Gasteiger partial charge < -0.3 is 32.0 Å². The van der Waals surface area contributed by atoms with Crippen LogP contribution >= 0.6 is 0 Å². The van der Waals surface area contributed by atoms with Crippen LogP contribution in [-0.4, -0.2) is 43.8 Å². The van der Waals surface area contributed by atoms with Gasteiger partial charge >= 0.3 is 0 Å². The Balaban J connectivity index is 1.87. The number of allylic oxidation sites excluding steroid dienone is 9. The standard InChI is InChI=1S/C24H27N9/c1-15(10-25)8-22(27)32-23-7-6-20-21(31-23)9-17(12-30-20)19(13-29-2)24(28)16-4-5-18(11-26)33(3)14-16/h4-10,12-13,25,30-31H,14,28H2,1-3H3,(H2,27,32). The highest BCUT2D eigenvalue weighted by Gasteiger charge is 2.20. The summed E-state index contributed by atoms with van der Waals surface area (Å²) >= 11 is 0. The van der Waals surface area contributed by atoms with Crippen LogP contribution in [0, 0.1) is 22.1 Å². The number of amidine groups is 1. The van der Waals surface area contributed by atoms with E-state index in [9.17, 15) is 5.26 Å². The summed E-state index contributed by atoms with van der Waals surface area (Å²) < 4.78 is 0. The smallest absolute Gasteiger partial charge is 0.123 e. The Hall–Kier alpha value is -4.58. The molecule has 9 heteroatoms. The number of hydrogen-bond donors (Lipinski definition) is 6. The zero-order chi connectivity index (χ0) is 24.0. The third kappa shape index (κ3) is 5.37. The molecule has 3 aliphatic rings. The number of nitrogens with two attached hydrogens (primary N) is 1. The molecule has 0 unspecified atom stereocenters. The lowest BCUT2D eigenvalue weighted by molar-refractivity contribution is 0.466. The van der Waals surface area contributed by atoms with E-state index in [0.29, 0.717) is 29.3 Å². The van der Waals surface area contributed by atoms with Crippen LogP contribution in [0.5, 0.6) is 0 Å². The molecule has 0 atom stereocenters. The van der Waals surface area contributed by atoms with Gasteiger partial charge in [-0.05, 0) is 48.5 Å². The Morgan fingerprint density at radius 1 is 1.30 bits per heavy atom. The van der Waals surface area contributed by atoms with Gasteiger partial charge in [-0.1, -0.05) is 6.08 Å². The third-order valence-electron chi connectivity index (χ3n) is 5.11. The van der Waals surface area contributed by atoms with Crippen molar-refractivity contribution in [2.45, 2.75) is 6.92 Å². The fraction of sp³-hybridized carbons (Fsp3) is 0.167. The first-order valence-corrected chi connectivity index (χ1v) is 10.2. The third-order valence-corrected chi connectivity index (χ3v) is 5.11. The minimum Gasteiger partial charge on any atom is -0.398 e. The Morgan fingerprint density at radius 2 is 2.09 bits per heavy atom.